The predicted molar refractivity (Wildman–Crippen MR) is 89.5 cm³/mol. The molecule has 23 heavy (non-hydrogen) atoms. The summed E-state index contributed by atoms with van der Waals surface area (Å²) in [6.45, 7) is 9.39. The summed E-state index contributed by atoms with van der Waals surface area (Å²) in [5.74, 6) is 0.447. The van der Waals surface area contributed by atoms with Crippen molar-refractivity contribution in [3.05, 3.63) is 0 Å². The van der Waals surface area contributed by atoms with Gasteiger partial charge in [0.15, 0.2) is 0 Å². The largest absolute Gasteiger partial charge is 0.379 e. The summed E-state index contributed by atoms with van der Waals surface area (Å²) in [7, 11) is 0. The molecule has 1 atom stereocenters. The molecule has 1 amide bonds. The first-order valence-corrected chi connectivity index (χ1v) is 8.64. The maximum atomic E-state index is 11.6. The van der Waals surface area contributed by atoms with E-state index in [4.69, 9.17) is 14.2 Å². The third kappa shape index (κ3) is 14.3. The summed E-state index contributed by atoms with van der Waals surface area (Å²) < 4.78 is 16.0. The van der Waals surface area contributed by atoms with Gasteiger partial charge in [0.05, 0.1) is 39.6 Å². The van der Waals surface area contributed by atoms with Crippen LogP contribution in [0.5, 0.6) is 0 Å². The van der Waals surface area contributed by atoms with Gasteiger partial charge in [-0.3, -0.25) is 9.59 Å². The smallest absolute Gasteiger partial charge is 0.220 e. The molecule has 0 fully saturated rings. The molecule has 0 spiro atoms. The number of ketones is 1. The fraction of sp³-hybridized carbons (Fsp3) is 0.882. The molecule has 0 aromatic heterocycles. The lowest BCUT2D eigenvalue weighted by Gasteiger charge is -2.09. The first kappa shape index (κ1) is 22.0. The molecule has 0 aliphatic heterocycles. The van der Waals surface area contributed by atoms with Gasteiger partial charge in [-0.2, -0.15) is 0 Å². The van der Waals surface area contributed by atoms with Crippen LogP contribution in [-0.2, 0) is 23.8 Å². The molecule has 0 aromatic rings. The molecule has 6 nitrogen and oxygen atoms in total. The van der Waals surface area contributed by atoms with Crippen LogP contribution in [0.4, 0.5) is 0 Å². The Morgan fingerprint density at radius 3 is 2.00 bits per heavy atom. The van der Waals surface area contributed by atoms with Gasteiger partial charge in [-0.05, 0) is 12.8 Å². The molecule has 136 valence electrons. The van der Waals surface area contributed by atoms with Gasteiger partial charge >= 0.3 is 0 Å². The normalized spacial score (nSPS) is 12.1. The van der Waals surface area contributed by atoms with Crippen molar-refractivity contribution < 1.29 is 23.8 Å². The summed E-state index contributed by atoms with van der Waals surface area (Å²) in [5.41, 5.74) is 0. The van der Waals surface area contributed by atoms with E-state index in [0.29, 0.717) is 59.0 Å². The van der Waals surface area contributed by atoms with Crippen LogP contribution in [0.3, 0.4) is 0 Å². The topological polar surface area (TPSA) is 73.9 Å². The Morgan fingerprint density at radius 1 is 0.870 bits per heavy atom. The average Bonchev–Trinajstić information content (AvgIpc) is 2.55. The van der Waals surface area contributed by atoms with Gasteiger partial charge in [0.1, 0.15) is 5.78 Å². The number of ether oxygens (including phenoxy) is 3. The molecular weight excluding hydrogens is 298 g/mol. The average molecular weight is 331 g/mol. The second-order valence-electron chi connectivity index (χ2n) is 5.46. The molecule has 6 heteroatoms. The second kappa shape index (κ2) is 15.9. The van der Waals surface area contributed by atoms with Crippen molar-refractivity contribution in [3.63, 3.8) is 0 Å². The van der Waals surface area contributed by atoms with Crippen LogP contribution in [-0.4, -0.2) is 57.9 Å². The molecule has 1 N–H and O–H groups in total. The highest BCUT2D eigenvalue weighted by Crippen LogP contribution is 2.04. The summed E-state index contributed by atoms with van der Waals surface area (Å²) in [5, 5.41) is 2.78. The lowest BCUT2D eigenvalue weighted by Crippen LogP contribution is -2.27. The molecule has 0 rings (SSSR count). The number of Topliss-reactive ketones (excluding diaryl/α,β-unsaturated/α-hetero) is 1. The summed E-state index contributed by atoms with van der Waals surface area (Å²) >= 11 is 0. The zero-order valence-electron chi connectivity index (χ0n) is 14.9. The quantitative estimate of drug-likeness (QED) is 0.438. The Labute approximate surface area is 140 Å². The number of carbonyl (C=O) groups is 2. The SMILES string of the molecule is CCCC(=O)NCCOCCOCCOCCC(=O)C(C)CC. The van der Waals surface area contributed by atoms with Gasteiger partial charge in [-0.15, -0.1) is 0 Å². The number of hydrogen-bond acceptors (Lipinski definition) is 5. The monoisotopic (exact) mass is 331 g/mol. The van der Waals surface area contributed by atoms with Gasteiger partial charge in [0.2, 0.25) is 5.91 Å². The van der Waals surface area contributed by atoms with Crippen molar-refractivity contribution in [1.82, 2.24) is 5.32 Å². The van der Waals surface area contributed by atoms with Crippen LogP contribution < -0.4 is 5.32 Å². The molecule has 0 saturated carbocycles. The highest BCUT2D eigenvalue weighted by molar-refractivity contribution is 5.80. The van der Waals surface area contributed by atoms with Crippen molar-refractivity contribution in [1.29, 1.82) is 0 Å². The first-order valence-electron chi connectivity index (χ1n) is 8.64. The zero-order valence-corrected chi connectivity index (χ0v) is 14.9. The van der Waals surface area contributed by atoms with Crippen molar-refractivity contribution in [3.8, 4) is 0 Å². The Kier molecular flexibility index (Phi) is 15.2. The third-order valence-electron chi connectivity index (χ3n) is 3.44. The molecular formula is C17H33NO5. The van der Waals surface area contributed by atoms with E-state index >= 15 is 0 Å². The zero-order chi connectivity index (χ0) is 17.3. The van der Waals surface area contributed by atoms with E-state index in [1.54, 1.807) is 0 Å². The number of hydrogen-bond donors (Lipinski definition) is 1. The fourth-order valence-corrected chi connectivity index (χ4v) is 1.77. The van der Waals surface area contributed by atoms with Crippen LogP contribution in [0.1, 0.15) is 46.5 Å². The minimum atomic E-state index is 0.0660. The Balaban J connectivity index is 3.19. The summed E-state index contributed by atoms with van der Waals surface area (Å²) in [6, 6.07) is 0. The third-order valence-corrected chi connectivity index (χ3v) is 3.44. The standard InChI is InChI=1S/C17H33NO5/c1-4-6-17(20)18-8-10-22-12-14-23-13-11-21-9-7-16(19)15(3)5-2/h15H,4-14H2,1-3H3,(H,18,20). The van der Waals surface area contributed by atoms with E-state index in [1.165, 1.54) is 0 Å². The molecule has 0 saturated heterocycles. The lowest BCUT2D eigenvalue weighted by molar-refractivity contribution is -0.124. The van der Waals surface area contributed by atoms with Crippen molar-refractivity contribution >= 4 is 11.7 Å². The van der Waals surface area contributed by atoms with Gasteiger partial charge in [0.25, 0.3) is 0 Å². The van der Waals surface area contributed by atoms with Gasteiger partial charge < -0.3 is 19.5 Å². The van der Waals surface area contributed by atoms with E-state index in [0.717, 1.165) is 12.8 Å². The van der Waals surface area contributed by atoms with E-state index in [1.807, 2.05) is 20.8 Å². The molecule has 0 bridgehead atoms. The van der Waals surface area contributed by atoms with Crippen LogP contribution in [0.25, 0.3) is 0 Å². The van der Waals surface area contributed by atoms with Crippen molar-refractivity contribution in [2.24, 2.45) is 5.92 Å². The Hall–Kier alpha value is -0.980. The molecule has 0 radical (unpaired) electrons. The summed E-state index contributed by atoms with van der Waals surface area (Å²) in [6.07, 6.45) is 2.77. The highest BCUT2D eigenvalue weighted by atomic mass is 16.5. The molecule has 0 aliphatic rings. The maximum absolute atomic E-state index is 11.6. The molecule has 0 aromatic carbocycles. The van der Waals surface area contributed by atoms with Crippen LogP contribution >= 0.6 is 0 Å². The predicted octanol–water partition coefficient (Wildman–Crippen LogP) is 1.96. The van der Waals surface area contributed by atoms with Gasteiger partial charge in [0, 0.05) is 25.3 Å². The minimum Gasteiger partial charge on any atom is -0.379 e. The van der Waals surface area contributed by atoms with E-state index in [2.05, 4.69) is 5.32 Å². The van der Waals surface area contributed by atoms with Gasteiger partial charge in [-0.1, -0.05) is 20.8 Å². The first-order chi connectivity index (χ1) is 11.1. The number of amides is 1. The van der Waals surface area contributed by atoms with E-state index in [-0.39, 0.29) is 17.6 Å². The number of carbonyl (C=O) groups excluding carboxylic acids is 2. The fourth-order valence-electron chi connectivity index (χ4n) is 1.77. The molecule has 1 unspecified atom stereocenters. The summed E-state index contributed by atoms with van der Waals surface area (Å²) in [4.78, 5) is 22.7. The highest BCUT2D eigenvalue weighted by Gasteiger charge is 2.09. The second-order valence-corrected chi connectivity index (χ2v) is 5.46. The minimum absolute atomic E-state index is 0.0660. The number of nitrogens with one attached hydrogen (secondary N) is 1. The van der Waals surface area contributed by atoms with Crippen LogP contribution in [0, 0.1) is 5.92 Å². The molecule has 0 heterocycles. The number of rotatable bonds is 16. The van der Waals surface area contributed by atoms with E-state index in [9.17, 15) is 9.59 Å². The lowest BCUT2D eigenvalue weighted by atomic mass is 10.0. The van der Waals surface area contributed by atoms with E-state index < -0.39 is 0 Å². The Bertz CT molecular complexity index is 309. The molecule has 0 aliphatic carbocycles. The van der Waals surface area contributed by atoms with Crippen molar-refractivity contribution in [2.45, 2.75) is 46.5 Å². The maximum Gasteiger partial charge on any atom is 0.220 e. The van der Waals surface area contributed by atoms with Crippen molar-refractivity contribution in [2.75, 3.05) is 46.2 Å². The van der Waals surface area contributed by atoms with Crippen LogP contribution in [0.15, 0.2) is 0 Å². The Morgan fingerprint density at radius 2 is 1.43 bits per heavy atom. The van der Waals surface area contributed by atoms with Crippen LogP contribution in [0.2, 0.25) is 0 Å². The van der Waals surface area contributed by atoms with Gasteiger partial charge in [-0.25, -0.2) is 0 Å².